The van der Waals surface area contributed by atoms with Crippen molar-refractivity contribution < 1.29 is 14.7 Å². The normalized spacial score (nSPS) is 16.0. The topological polar surface area (TPSA) is 86.9 Å². The van der Waals surface area contributed by atoms with Gasteiger partial charge >= 0.3 is 5.97 Å². The third-order valence-corrected chi connectivity index (χ3v) is 3.77. The van der Waals surface area contributed by atoms with Gasteiger partial charge in [0.1, 0.15) is 0 Å². The van der Waals surface area contributed by atoms with E-state index in [0.717, 1.165) is 37.4 Å². The van der Waals surface area contributed by atoms with E-state index < -0.39 is 11.9 Å². The standard InChI is InChI=1S/C15H21N3O3/c1-11-2-3-12(15(16)21)13(10-11)18-8-6-17(7-9-18)5-4-14(19)20/h2-3,10H,4-9H2,1H3,(H2,16,21)(H,19,20). The van der Waals surface area contributed by atoms with E-state index in [9.17, 15) is 9.59 Å². The van der Waals surface area contributed by atoms with Gasteiger partial charge in [0.2, 0.25) is 0 Å². The minimum Gasteiger partial charge on any atom is -0.481 e. The number of primary amides is 1. The Balaban J connectivity index is 2.03. The zero-order valence-electron chi connectivity index (χ0n) is 12.2. The fraction of sp³-hybridized carbons (Fsp3) is 0.467. The fourth-order valence-electron chi connectivity index (χ4n) is 2.58. The molecule has 3 N–H and O–H groups in total. The molecule has 1 aromatic rings. The first-order valence-corrected chi connectivity index (χ1v) is 7.07. The molecule has 1 aromatic carbocycles. The molecule has 0 aliphatic carbocycles. The summed E-state index contributed by atoms with van der Waals surface area (Å²) in [7, 11) is 0. The Morgan fingerprint density at radius 1 is 1.24 bits per heavy atom. The fourth-order valence-corrected chi connectivity index (χ4v) is 2.58. The maximum Gasteiger partial charge on any atom is 0.304 e. The number of nitrogens with zero attached hydrogens (tertiary/aromatic N) is 2. The van der Waals surface area contributed by atoms with Gasteiger partial charge in [0.15, 0.2) is 0 Å². The number of carboxylic acids is 1. The number of nitrogens with two attached hydrogens (primary N) is 1. The number of anilines is 1. The van der Waals surface area contributed by atoms with Gasteiger partial charge in [-0.25, -0.2) is 0 Å². The molecule has 1 saturated heterocycles. The van der Waals surface area contributed by atoms with Crippen molar-refractivity contribution >= 4 is 17.6 Å². The molecule has 1 aliphatic rings. The van der Waals surface area contributed by atoms with E-state index in [-0.39, 0.29) is 6.42 Å². The number of hydrogen-bond donors (Lipinski definition) is 2. The van der Waals surface area contributed by atoms with Crippen molar-refractivity contribution in [2.24, 2.45) is 5.73 Å². The number of carbonyl (C=O) groups excluding carboxylic acids is 1. The molecule has 0 bridgehead atoms. The number of aliphatic carboxylic acids is 1. The molecule has 0 atom stereocenters. The molecule has 0 saturated carbocycles. The molecule has 2 rings (SSSR count). The Morgan fingerprint density at radius 2 is 1.90 bits per heavy atom. The van der Waals surface area contributed by atoms with E-state index >= 15 is 0 Å². The molecule has 1 amide bonds. The average Bonchev–Trinajstić information content (AvgIpc) is 2.45. The molecule has 1 fully saturated rings. The number of carboxylic acid groups (broad SMARTS) is 1. The largest absolute Gasteiger partial charge is 0.481 e. The molecular weight excluding hydrogens is 270 g/mol. The zero-order valence-corrected chi connectivity index (χ0v) is 12.2. The van der Waals surface area contributed by atoms with Gasteiger partial charge in [-0.3, -0.25) is 14.5 Å². The van der Waals surface area contributed by atoms with Crippen LogP contribution in [0.2, 0.25) is 0 Å². The van der Waals surface area contributed by atoms with Crippen LogP contribution in [0.4, 0.5) is 5.69 Å². The van der Waals surface area contributed by atoms with Crippen LogP contribution in [0, 0.1) is 6.92 Å². The van der Waals surface area contributed by atoms with Crippen molar-refractivity contribution in [2.75, 3.05) is 37.6 Å². The van der Waals surface area contributed by atoms with Crippen LogP contribution in [0.5, 0.6) is 0 Å². The molecule has 6 heteroatoms. The lowest BCUT2D eigenvalue weighted by molar-refractivity contribution is -0.137. The molecular formula is C15H21N3O3. The molecule has 6 nitrogen and oxygen atoms in total. The highest BCUT2D eigenvalue weighted by molar-refractivity contribution is 5.98. The number of aryl methyl sites for hydroxylation is 1. The van der Waals surface area contributed by atoms with Crippen LogP contribution in [-0.2, 0) is 4.79 Å². The predicted molar refractivity (Wildman–Crippen MR) is 80.6 cm³/mol. The molecule has 0 spiro atoms. The second kappa shape index (κ2) is 6.58. The monoisotopic (exact) mass is 291 g/mol. The lowest BCUT2D eigenvalue weighted by Crippen LogP contribution is -2.47. The molecule has 1 heterocycles. The highest BCUT2D eigenvalue weighted by Crippen LogP contribution is 2.23. The summed E-state index contributed by atoms with van der Waals surface area (Å²) < 4.78 is 0. The van der Waals surface area contributed by atoms with Crippen LogP contribution < -0.4 is 10.6 Å². The molecule has 114 valence electrons. The molecule has 0 unspecified atom stereocenters. The highest BCUT2D eigenvalue weighted by Gasteiger charge is 2.21. The number of amides is 1. The van der Waals surface area contributed by atoms with Gasteiger partial charge in [0.05, 0.1) is 12.0 Å². The number of hydrogen-bond acceptors (Lipinski definition) is 4. The SMILES string of the molecule is Cc1ccc(C(N)=O)c(N2CCN(CCC(=O)O)CC2)c1. The summed E-state index contributed by atoms with van der Waals surface area (Å²) in [4.78, 5) is 26.4. The van der Waals surface area contributed by atoms with Crippen LogP contribution in [0.15, 0.2) is 18.2 Å². The average molecular weight is 291 g/mol. The van der Waals surface area contributed by atoms with Crippen LogP contribution in [0.3, 0.4) is 0 Å². The number of carbonyl (C=O) groups is 2. The maximum absolute atomic E-state index is 11.5. The Hall–Kier alpha value is -2.08. The summed E-state index contributed by atoms with van der Waals surface area (Å²) in [5.41, 5.74) is 7.94. The molecule has 21 heavy (non-hydrogen) atoms. The van der Waals surface area contributed by atoms with Gasteiger partial charge < -0.3 is 15.7 Å². The summed E-state index contributed by atoms with van der Waals surface area (Å²) in [5.74, 6) is -1.19. The molecule has 1 aliphatic heterocycles. The Kier molecular flexibility index (Phi) is 4.80. The molecule has 0 aromatic heterocycles. The van der Waals surface area contributed by atoms with Gasteiger partial charge in [0, 0.05) is 38.4 Å². The Labute approximate surface area is 124 Å². The Bertz CT molecular complexity index is 537. The zero-order chi connectivity index (χ0) is 15.4. The summed E-state index contributed by atoms with van der Waals surface area (Å²) in [6.07, 6.45) is 0.164. The van der Waals surface area contributed by atoms with Crippen LogP contribution in [-0.4, -0.2) is 54.6 Å². The summed E-state index contributed by atoms with van der Waals surface area (Å²) >= 11 is 0. The predicted octanol–water partition coefficient (Wildman–Crippen LogP) is 0.691. The summed E-state index contributed by atoms with van der Waals surface area (Å²) in [6.45, 7) is 5.67. The van der Waals surface area contributed by atoms with E-state index in [4.69, 9.17) is 10.8 Å². The van der Waals surface area contributed by atoms with Crippen molar-refractivity contribution in [2.45, 2.75) is 13.3 Å². The van der Waals surface area contributed by atoms with Gasteiger partial charge in [0.25, 0.3) is 5.91 Å². The smallest absolute Gasteiger partial charge is 0.304 e. The third kappa shape index (κ3) is 3.95. The summed E-state index contributed by atoms with van der Waals surface area (Å²) in [5, 5.41) is 8.71. The van der Waals surface area contributed by atoms with Gasteiger partial charge in [-0.05, 0) is 24.6 Å². The quantitative estimate of drug-likeness (QED) is 0.833. The lowest BCUT2D eigenvalue weighted by atomic mass is 10.1. The maximum atomic E-state index is 11.5. The number of piperazine rings is 1. The van der Waals surface area contributed by atoms with Crippen LogP contribution in [0.1, 0.15) is 22.3 Å². The van der Waals surface area contributed by atoms with E-state index in [1.807, 2.05) is 19.1 Å². The summed E-state index contributed by atoms with van der Waals surface area (Å²) in [6, 6.07) is 5.63. The van der Waals surface area contributed by atoms with Gasteiger partial charge in [-0.1, -0.05) is 6.07 Å². The highest BCUT2D eigenvalue weighted by atomic mass is 16.4. The first kappa shape index (κ1) is 15.3. The first-order chi connectivity index (χ1) is 9.97. The lowest BCUT2D eigenvalue weighted by Gasteiger charge is -2.36. The second-order valence-electron chi connectivity index (χ2n) is 5.36. The first-order valence-electron chi connectivity index (χ1n) is 7.07. The molecule has 0 radical (unpaired) electrons. The van der Waals surface area contributed by atoms with Gasteiger partial charge in [-0.2, -0.15) is 0 Å². The van der Waals surface area contributed by atoms with E-state index in [1.54, 1.807) is 6.07 Å². The number of rotatable bonds is 5. The van der Waals surface area contributed by atoms with Gasteiger partial charge in [-0.15, -0.1) is 0 Å². The van der Waals surface area contributed by atoms with E-state index in [1.165, 1.54) is 0 Å². The van der Waals surface area contributed by atoms with E-state index in [0.29, 0.717) is 12.1 Å². The van der Waals surface area contributed by atoms with Crippen molar-refractivity contribution in [3.63, 3.8) is 0 Å². The van der Waals surface area contributed by atoms with Crippen LogP contribution >= 0.6 is 0 Å². The van der Waals surface area contributed by atoms with Crippen molar-refractivity contribution in [1.82, 2.24) is 4.90 Å². The minimum atomic E-state index is -0.771. The van der Waals surface area contributed by atoms with Crippen molar-refractivity contribution in [3.8, 4) is 0 Å². The van der Waals surface area contributed by atoms with Crippen LogP contribution in [0.25, 0.3) is 0 Å². The van der Waals surface area contributed by atoms with E-state index in [2.05, 4.69) is 9.80 Å². The Morgan fingerprint density at radius 3 is 2.48 bits per heavy atom. The van der Waals surface area contributed by atoms with Crippen molar-refractivity contribution in [1.29, 1.82) is 0 Å². The minimum absolute atomic E-state index is 0.164. The second-order valence-corrected chi connectivity index (χ2v) is 5.36. The third-order valence-electron chi connectivity index (χ3n) is 3.77. The number of benzene rings is 1. The van der Waals surface area contributed by atoms with Crippen molar-refractivity contribution in [3.05, 3.63) is 29.3 Å².